The van der Waals surface area contributed by atoms with Gasteiger partial charge in [-0.15, -0.1) is 0 Å². The monoisotopic (exact) mass is 171 g/mol. The van der Waals surface area contributed by atoms with Crippen molar-refractivity contribution < 1.29 is 4.79 Å². The molecular weight excluding hydrogens is 154 g/mol. The number of nitrogens with zero attached hydrogens (tertiary/aromatic N) is 1. The van der Waals surface area contributed by atoms with Crippen LogP contribution in [0.15, 0.2) is 4.99 Å². The quantitative estimate of drug-likeness (QED) is 0.464. The van der Waals surface area contributed by atoms with Crippen molar-refractivity contribution in [3.8, 4) is 0 Å². The Morgan fingerprint density at radius 2 is 2.08 bits per heavy atom. The van der Waals surface area contributed by atoms with Crippen LogP contribution >= 0.6 is 0 Å². The van der Waals surface area contributed by atoms with E-state index in [-0.39, 0.29) is 18.4 Å². The number of nitrogens with two attached hydrogens (primary N) is 2. The average Bonchev–Trinajstić information content (AvgIpc) is 1.84. The van der Waals surface area contributed by atoms with Crippen LogP contribution in [0, 0.1) is 0 Å². The third kappa shape index (κ3) is 5.70. The Morgan fingerprint density at radius 1 is 1.50 bits per heavy atom. The van der Waals surface area contributed by atoms with Gasteiger partial charge in [0.15, 0.2) is 0 Å². The zero-order chi connectivity index (χ0) is 9.56. The van der Waals surface area contributed by atoms with Gasteiger partial charge in [0.1, 0.15) is 0 Å². The molecule has 0 fully saturated rings. The summed E-state index contributed by atoms with van der Waals surface area (Å²) in [6, 6.07) is -0.0888. The Morgan fingerprint density at radius 3 is 2.50 bits per heavy atom. The molecule has 0 bridgehead atoms. The lowest BCUT2D eigenvalue weighted by Gasteiger charge is -2.04. The van der Waals surface area contributed by atoms with Crippen LogP contribution in [-0.2, 0) is 4.79 Å². The van der Waals surface area contributed by atoms with Gasteiger partial charge < -0.3 is 11.5 Å². The smallest absolute Gasteiger partial charge is 0.219 e. The summed E-state index contributed by atoms with van der Waals surface area (Å²) in [6.07, 6.45) is 2.02. The van der Waals surface area contributed by atoms with E-state index in [9.17, 15) is 4.79 Å². The number of hydrogen-bond acceptors (Lipinski definition) is 2. The van der Waals surface area contributed by atoms with Crippen LogP contribution in [0.2, 0.25) is 0 Å². The number of hydrogen-bond donors (Lipinski definition) is 2. The van der Waals surface area contributed by atoms with E-state index in [1.165, 1.54) is 0 Å². The molecule has 1 unspecified atom stereocenters. The lowest BCUT2D eigenvalue weighted by molar-refractivity contribution is -0.118. The van der Waals surface area contributed by atoms with Crippen molar-refractivity contribution in [2.75, 3.05) is 0 Å². The predicted octanol–water partition coefficient (Wildman–Crippen LogP) is 0.408. The number of amides is 1. The van der Waals surface area contributed by atoms with Crippen molar-refractivity contribution in [2.45, 2.75) is 39.2 Å². The van der Waals surface area contributed by atoms with E-state index in [2.05, 4.69) is 4.99 Å². The van der Waals surface area contributed by atoms with E-state index in [1.807, 2.05) is 13.8 Å². The van der Waals surface area contributed by atoms with Gasteiger partial charge in [0.25, 0.3) is 0 Å². The van der Waals surface area contributed by atoms with E-state index in [4.69, 9.17) is 11.5 Å². The van der Waals surface area contributed by atoms with Crippen LogP contribution in [0.25, 0.3) is 0 Å². The van der Waals surface area contributed by atoms with Crippen LogP contribution in [0.3, 0.4) is 0 Å². The maximum absolute atomic E-state index is 10.5. The second-order valence-corrected chi connectivity index (χ2v) is 2.89. The summed E-state index contributed by atoms with van der Waals surface area (Å²) in [5.41, 5.74) is 10.6. The highest BCUT2D eigenvalue weighted by Crippen LogP contribution is 1.97. The van der Waals surface area contributed by atoms with Crippen LogP contribution in [0.5, 0.6) is 0 Å². The molecule has 0 aromatic heterocycles. The highest BCUT2D eigenvalue weighted by molar-refractivity contribution is 5.81. The van der Waals surface area contributed by atoms with Gasteiger partial charge in [-0.25, -0.2) is 0 Å². The minimum absolute atomic E-state index is 0.0888. The molecule has 0 aromatic carbocycles. The van der Waals surface area contributed by atoms with Gasteiger partial charge >= 0.3 is 0 Å². The van der Waals surface area contributed by atoms with E-state index in [1.54, 1.807) is 0 Å². The Balaban J connectivity index is 3.86. The van der Waals surface area contributed by atoms with Crippen LogP contribution in [0.1, 0.15) is 33.1 Å². The molecule has 4 nitrogen and oxygen atoms in total. The lowest BCUT2D eigenvalue weighted by atomic mass is 10.2. The molecule has 4 N–H and O–H groups in total. The molecule has 0 aliphatic carbocycles. The molecule has 0 aliphatic rings. The molecule has 0 rings (SSSR count). The first kappa shape index (κ1) is 10.9. The standard InChI is InChI=1S/C8H17N3O/c1-3-4-7(9)11-6(2)5-8(10)12/h6H,3-5H2,1-2H3,(H2,9,11)(H2,10,12). The summed E-state index contributed by atoms with van der Waals surface area (Å²) >= 11 is 0. The molecule has 0 saturated carbocycles. The van der Waals surface area contributed by atoms with E-state index < -0.39 is 0 Å². The van der Waals surface area contributed by atoms with Gasteiger partial charge in [-0.3, -0.25) is 9.79 Å². The fourth-order valence-corrected chi connectivity index (χ4v) is 0.941. The molecule has 0 aliphatic heterocycles. The van der Waals surface area contributed by atoms with Gasteiger partial charge in [-0.1, -0.05) is 6.92 Å². The Hall–Kier alpha value is -1.06. The SMILES string of the molecule is CCCC(N)=NC(C)CC(N)=O. The molecule has 0 spiro atoms. The number of aliphatic imine (C=N–C) groups is 1. The number of carbonyl (C=O) groups excluding carboxylic acids is 1. The van der Waals surface area contributed by atoms with Crippen molar-refractivity contribution in [2.24, 2.45) is 16.5 Å². The van der Waals surface area contributed by atoms with Crippen molar-refractivity contribution >= 4 is 11.7 Å². The zero-order valence-electron chi connectivity index (χ0n) is 7.71. The molecule has 70 valence electrons. The first-order valence-corrected chi connectivity index (χ1v) is 4.16. The molecule has 0 radical (unpaired) electrons. The summed E-state index contributed by atoms with van der Waals surface area (Å²) < 4.78 is 0. The van der Waals surface area contributed by atoms with Gasteiger partial charge in [0, 0.05) is 12.8 Å². The average molecular weight is 171 g/mol. The molecule has 1 atom stereocenters. The first-order chi connectivity index (χ1) is 5.56. The zero-order valence-corrected chi connectivity index (χ0v) is 7.71. The second-order valence-electron chi connectivity index (χ2n) is 2.89. The molecule has 0 aromatic rings. The summed E-state index contributed by atoms with van der Waals surface area (Å²) in [7, 11) is 0. The van der Waals surface area contributed by atoms with E-state index in [0.717, 1.165) is 12.8 Å². The third-order valence-corrected chi connectivity index (χ3v) is 1.39. The summed E-state index contributed by atoms with van der Waals surface area (Å²) in [4.78, 5) is 14.6. The fraction of sp³-hybridized carbons (Fsp3) is 0.750. The van der Waals surface area contributed by atoms with E-state index >= 15 is 0 Å². The molecule has 0 heterocycles. The predicted molar refractivity (Wildman–Crippen MR) is 49.8 cm³/mol. The molecule has 0 saturated heterocycles. The van der Waals surface area contributed by atoms with Crippen LogP contribution < -0.4 is 11.5 Å². The van der Waals surface area contributed by atoms with Gasteiger partial charge in [0.05, 0.1) is 11.9 Å². The number of primary amides is 1. The second kappa shape index (κ2) is 5.57. The van der Waals surface area contributed by atoms with Crippen molar-refractivity contribution in [1.29, 1.82) is 0 Å². The first-order valence-electron chi connectivity index (χ1n) is 4.16. The van der Waals surface area contributed by atoms with Crippen molar-refractivity contribution in [1.82, 2.24) is 0 Å². The van der Waals surface area contributed by atoms with Gasteiger partial charge in [-0.05, 0) is 13.3 Å². The normalized spacial score (nSPS) is 14.3. The summed E-state index contributed by atoms with van der Waals surface area (Å²) in [6.45, 7) is 3.86. The molecule has 4 heteroatoms. The lowest BCUT2D eigenvalue weighted by Crippen LogP contribution is -2.20. The minimum atomic E-state index is -0.337. The maximum Gasteiger partial charge on any atom is 0.219 e. The third-order valence-electron chi connectivity index (χ3n) is 1.39. The van der Waals surface area contributed by atoms with Crippen LogP contribution in [-0.4, -0.2) is 17.8 Å². The van der Waals surface area contributed by atoms with Crippen molar-refractivity contribution in [3.63, 3.8) is 0 Å². The Labute approximate surface area is 73.0 Å². The molecule has 12 heavy (non-hydrogen) atoms. The minimum Gasteiger partial charge on any atom is -0.387 e. The summed E-state index contributed by atoms with van der Waals surface area (Å²) in [5.74, 6) is 0.266. The highest BCUT2D eigenvalue weighted by Gasteiger charge is 2.03. The van der Waals surface area contributed by atoms with Gasteiger partial charge in [-0.2, -0.15) is 0 Å². The largest absolute Gasteiger partial charge is 0.387 e. The number of rotatable bonds is 5. The topological polar surface area (TPSA) is 81.5 Å². The maximum atomic E-state index is 10.5. The highest BCUT2D eigenvalue weighted by atomic mass is 16.1. The molecule has 1 amide bonds. The fourth-order valence-electron chi connectivity index (χ4n) is 0.941. The van der Waals surface area contributed by atoms with Crippen molar-refractivity contribution in [3.05, 3.63) is 0 Å². The van der Waals surface area contributed by atoms with E-state index in [0.29, 0.717) is 5.84 Å². The Bertz CT molecular complexity index is 177. The number of amidine groups is 1. The summed E-state index contributed by atoms with van der Waals surface area (Å²) in [5, 5.41) is 0. The molecular formula is C8H17N3O. The van der Waals surface area contributed by atoms with Crippen LogP contribution in [0.4, 0.5) is 0 Å². The Kier molecular flexibility index (Phi) is 5.08. The van der Waals surface area contributed by atoms with Gasteiger partial charge in [0.2, 0.25) is 5.91 Å². The number of carbonyl (C=O) groups is 1.